The SMILES string of the molecule is COc1cc2nn(C3CCS(=O)CC3)cc2cc1[N+](=O)[O-]. The van der Waals surface area contributed by atoms with Crippen molar-refractivity contribution < 1.29 is 13.9 Å². The highest BCUT2D eigenvalue weighted by molar-refractivity contribution is 7.85. The largest absolute Gasteiger partial charge is 0.490 e. The lowest BCUT2D eigenvalue weighted by Crippen LogP contribution is -2.21. The van der Waals surface area contributed by atoms with E-state index in [2.05, 4.69) is 5.10 Å². The summed E-state index contributed by atoms with van der Waals surface area (Å²) in [7, 11) is 0.687. The molecule has 8 heteroatoms. The molecule has 0 bridgehead atoms. The molecule has 21 heavy (non-hydrogen) atoms. The summed E-state index contributed by atoms with van der Waals surface area (Å²) in [5.41, 5.74) is 0.610. The third kappa shape index (κ3) is 2.63. The van der Waals surface area contributed by atoms with Gasteiger partial charge in [0.2, 0.25) is 0 Å². The molecule has 7 nitrogen and oxygen atoms in total. The second-order valence-electron chi connectivity index (χ2n) is 5.03. The van der Waals surface area contributed by atoms with E-state index >= 15 is 0 Å². The van der Waals surface area contributed by atoms with Crippen LogP contribution in [0.25, 0.3) is 10.9 Å². The van der Waals surface area contributed by atoms with Crippen molar-refractivity contribution in [3.05, 3.63) is 28.4 Å². The molecule has 1 aromatic heterocycles. The summed E-state index contributed by atoms with van der Waals surface area (Å²) in [6.45, 7) is 0. The first-order valence-corrected chi connectivity index (χ1v) is 8.13. The number of benzene rings is 1. The van der Waals surface area contributed by atoms with Crippen molar-refractivity contribution in [2.45, 2.75) is 18.9 Å². The molecule has 1 saturated heterocycles. The minimum atomic E-state index is -0.718. The Morgan fingerprint density at radius 1 is 1.43 bits per heavy atom. The third-order valence-electron chi connectivity index (χ3n) is 3.75. The number of nitrogens with zero attached hydrogens (tertiary/aromatic N) is 3. The van der Waals surface area contributed by atoms with E-state index in [1.54, 1.807) is 6.07 Å². The first kappa shape index (κ1) is 14.0. The average Bonchev–Trinajstić information content (AvgIpc) is 2.89. The maximum atomic E-state index is 11.4. The average molecular weight is 309 g/mol. The third-order valence-corrected chi connectivity index (χ3v) is 5.13. The molecule has 3 rings (SSSR count). The van der Waals surface area contributed by atoms with Gasteiger partial charge in [0.15, 0.2) is 5.75 Å². The monoisotopic (exact) mass is 309 g/mol. The van der Waals surface area contributed by atoms with Gasteiger partial charge in [0, 0.05) is 46.0 Å². The molecule has 112 valence electrons. The Balaban J connectivity index is 1.99. The van der Waals surface area contributed by atoms with Gasteiger partial charge in [0.05, 0.1) is 23.6 Å². The molecule has 2 aromatic rings. The molecule has 0 spiro atoms. The zero-order valence-electron chi connectivity index (χ0n) is 11.5. The van der Waals surface area contributed by atoms with Crippen LogP contribution in [0, 0.1) is 10.1 Å². The van der Waals surface area contributed by atoms with Crippen LogP contribution in [0.1, 0.15) is 18.9 Å². The number of nitro benzene ring substituents is 1. The van der Waals surface area contributed by atoms with Gasteiger partial charge in [0.1, 0.15) is 0 Å². The van der Waals surface area contributed by atoms with Gasteiger partial charge in [-0.1, -0.05) is 0 Å². The Bertz CT molecular complexity index is 718. The van der Waals surface area contributed by atoms with E-state index in [-0.39, 0.29) is 17.5 Å². The lowest BCUT2D eigenvalue weighted by molar-refractivity contribution is -0.385. The van der Waals surface area contributed by atoms with E-state index < -0.39 is 15.7 Å². The summed E-state index contributed by atoms with van der Waals surface area (Å²) in [4.78, 5) is 10.6. The van der Waals surface area contributed by atoms with Crippen LogP contribution in [0.2, 0.25) is 0 Å². The van der Waals surface area contributed by atoms with Crippen molar-refractivity contribution >= 4 is 27.4 Å². The van der Waals surface area contributed by atoms with Crippen LogP contribution < -0.4 is 4.74 Å². The second kappa shape index (κ2) is 5.44. The fourth-order valence-electron chi connectivity index (χ4n) is 2.60. The minimum absolute atomic E-state index is 0.0608. The first-order valence-electron chi connectivity index (χ1n) is 6.65. The van der Waals surface area contributed by atoms with Crippen LogP contribution in [0.4, 0.5) is 5.69 Å². The van der Waals surface area contributed by atoms with Crippen molar-refractivity contribution in [2.24, 2.45) is 0 Å². The van der Waals surface area contributed by atoms with Crippen molar-refractivity contribution in [1.82, 2.24) is 9.78 Å². The number of ether oxygens (including phenoxy) is 1. The molecule has 0 aliphatic carbocycles. The number of rotatable bonds is 3. The minimum Gasteiger partial charge on any atom is -0.490 e. The van der Waals surface area contributed by atoms with Crippen molar-refractivity contribution in [3.8, 4) is 5.75 Å². The van der Waals surface area contributed by atoms with Gasteiger partial charge >= 0.3 is 5.69 Å². The Morgan fingerprint density at radius 2 is 2.14 bits per heavy atom. The smallest absolute Gasteiger partial charge is 0.311 e. The fraction of sp³-hybridized carbons (Fsp3) is 0.462. The van der Waals surface area contributed by atoms with Gasteiger partial charge in [0.25, 0.3) is 0 Å². The highest BCUT2D eigenvalue weighted by atomic mass is 32.2. The quantitative estimate of drug-likeness (QED) is 0.639. The Morgan fingerprint density at radius 3 is 2.76 bits per heavy atom. The maximum Gasteiger partial charge on any atom is 0.311 e. The van der Waals surface area contributed by atoms with Crippen molar-refractivity contribution in [3.63, 3.8) is 0 Å². The van der Waals surface area contributed by atoms with Gasteiger partial charge in [-0.25, -0.2) is 0 Å². The van der Waals surface area contributed by atoms with E-state index in [1.165, 1.54) is 13.2 Å². The van der Waals surface area contributed by atoms with E-state index in [9.17, 15) is 14.3 Å². The van der Waals surface area contributed by atoms with Crippen molar-refractivity contribution in [1.29, 1.82) is 0 Å². The molecular formula is C13H15N3O4S. The molecular weight excluding hydrogens is 294 g/mol. The maximum absolute atomic E-state index is 11.4. The molecule has 0 N–H and O–H groups in total. The molecule has 1 aliphatic rings. The molecule has 1 fully saturated rings. The van der Waals surface area contributed by atoms with Crippen molar-refractivity contribution in [2.75, 3.05) is 18.6 Å². The number of fused-ring (bicyclic) bond motifs is 1. The molecule has 0 atom stereocenters. The molecule has 0 amide bonds. The van der Waals surface area contributed by atoms with Crippen LogP contribution in [-0.2, 0) is 10.8 Å². The predicted octanol–water partition coefficient (Wildman–Crippen LogP) is 2.04. The van der Waals surface area contributed by atoms with Crippen LogP contribution >= 0.6 is 0 Å². The number of nitro groups is 1. The van der Waals surface area contributed by atoms with Crippen LogP contribution in [0.5, 0.6) is 5.75 Å². The topological polar surface area (TPSA) is 87.3 Å². The summed E-state index contributed by atoms with van der Waals surface area (Å²) < 4.78 is 18.3. The zero-order valence-corrected chi connectivity index (χ0v) is 12.3. The number of hydrogen-bond donors (Lipinski definition) is 0. The van der Waals surface area contributed by atoms with Crippen LogP contribution in [-0.4, -0.2) is 37.5 Å². The highest BCUT2D eigenvalue weighted by Gasteiger charge is 2.22. The van der Waals surface area contributed by atoms with Gasteiger partial charge in [-0.05, 0) is 12.8 Å². The normalized spacial score (nSPS) is 22.3. The Hall–Kier alpha value is -1.96. The van der Waals surface area contributed by atoms with E-state index in [1.807, 2.05) is 10.9 Å². The summed E-state index contributed by atoms with van der Waals surface area (Å²) in [6, 6.07) is 3.28. The molecule has 2 heterocycles. The number of aromatic nitrogens is 2. The Kier molecular flexibility index (Phi) is 3.62. The number of hydrogen-bond acceptors (Lipinski definition) is 5. The van der Waals surface area contributed by atoms with Crippen LogP contribution in [0.3, 0.4) is 0 Å². The summed E-state index contributed by atoms with van der Waals surface area (Å²) in [6.07, 6.45) is 3.46. The second-order valence-corrected chi connectivity index (χ2v) is 6.72. The lowest BCUT2D eigenvalue weighted by Gasteiger charge is -2.21. The highest BCUT2D eigenvalue weighted by Crippen LogP contribution is 2.32. The molecule has 0 saturated carbocycles. The molecule has 1 aliphatic heterocycles. The standard InChI is InChI=1S/C13H15N3O4S/c1-20-13-7-11-9(6-12(13)16(17)18)8-15(14-11)10-2-4-21(19)5-3-10/h6-8,10H,2-5H2,1H3. The van der Waals surface area contributed by atoms with Crippen LogP contribution in [0.15, 0.2) is 18.3 Å². The predicted molar refractivity (Wildman–Crippen MR) is 79.1 cm³/mol. The molecule has 0 unspecified atom stereocenters. The summed E-state index contributed by atoms with van der Waals surface area (Å²) in [5, 5.41) is 16.2. The summed E-state index contributed by atoms with van der Waals surface area (Å²) in [5.74, 6) is 1.58. The lowest BCUT2D eigenvalue weighted by atomic mass is 10.1. The van der Waals surface area contributed by atoms with Gasteiger partial charge < -0.3 is 4.74 Å². The van der Waals surface area contributed by atoms with E-state index in [4.69, 9.17) is 4.74 Å². The number of methoxy groups -OCH3 is 1. The molecule has 1 aromatic carbocycles. The molecule has 0 radical (unpaired) electrons. The van der Waals surface area contributed by atoms with Gasteiger partial charge in [-0.3, -0.25) is 19.0 Å². The van der Waals surface area contributed by atoms with Gasteiger partial charge in [-0.15, -0.1) is 0 Å². The zero-order chi connectivity index (χ0) is 15.0. The van der Waals surface area contributed by atoms with E-state index in [0.717, 1.165) is 12.8 Å². The van der Waals surface area contributed by atoms with E-state index in [0.29, 0.717) is 22.4 Å². The summed E-state index contributed by atoms with van der Waals surface area (Å²) >= 11 is 0. The van der Waals surface area contributed by atoms with Gasteiger partial charge in [-0.2, -0.15) is 5.10 Å². The fourth-order valence-corrected chi connectivity index (χ4v) is 3.87. The first-order chi connectivity index (χ1) is 10.1. The Labute approximate surface area is 123 Å².